The van der Waals surface area contributed by atoms with Crippen molar-refractivity contribution in [3.8, 4) is 0 Å². The molecule has 0 aliphatic heterocycles. The molecule has 2 heterocycles. The molecule has 3 aromatic carbocycles. The molecule has 0 aliphatic carbocycles. The summed E-state index contributed by atoms with van der Waals surface area (Å²) in [7, 11) is 0. The van der Waals surface area contributed by atoms with Crippen molar-refractivity contribution in [2.45, 2.75) is 20.0 Å². The van der Waals surface area contributed by atoms with E-state index in [1.54, 1.807) is 0 Å². The van der Waals surface area contributed by atoms with E-state index in [4.69, 9.17) is 0 Å². The second kappa shape index (κ2) is 8.16. The molecule has 2 nitrogen and oxygen atoms in total. The number of fused-ring (bicyclic) bond motifs is 3. The first-order valence-electron chi connectivity index (χ1n) is 10.7. The molecular weight excluding hydrogens is 376 g/mol. The Morgan fingerprint density at radius 2 is 1.52 bits per heavy atom. The van der Waals surface area contributed by atoms with Gasteiger partial charge in [-0.3, -0.25) is 0 Å². The van der Waals surface area contributed by atoms with Crippen molar-refractivity contribution in [3.63, 3.8) is 0 Å². The Hall–Kier alpha value is -3.78. The van der Waals surface area contributed by atoms with E-state index < -0.39 is 0 Å². The minimum Gasteiger partial charge on any atom is -0.194 e. The summed E-state index contributed by atoms with van der Waals surface area (Å²) in [5.74, 6) is 0. The summed E-state index contributed by atoms with van der Waals surface area (Å²) in [6, 6.07) is 30.6. The minimum atomic E-state index is 0.834. The van der Waals surface area contributed by atoms with E-state index in [-0.39, 0.29) is 0 Å². The molecular formula is C29H26N2+2. The standard InChI is InChI=1S/C29H26N2/c1-3-23-11-13-24(14-12-23)20-31-18-5-9-26-15-16-28-27(29(26)31)10-6-17-30(28)21-25-8-4-7-22(2)19-25/h3-19H,1,20-21H2,2H3/q+2. The molecule has 0 N–H and O–H groups in total. The van der Waals surface area contributed by atoms with E-state index in [2.05, 4.69) is 120 Å². The highest BCUT2D eigenvalue weighted by atomic mass is 15.0. The number of aromatic nitrogens is 2. The molecule has 0 spiro atoms. The quantitative estimate of drug-likeness (QED) is 0.266. The van der Waals surface area contributed by atoms with Crippen LogP contribution in [0.1, 0.15) is 22.3 Å². The molecule has 0 radical (unpaired) electrons. The highest BCUT2D eigenvalue weighted by molar-refractivity contribution is 6.00. The van der Waals surface area contributed by atoms with Crippen LogP contribution in [0.3, 0.4) is 0 Å². The Balaban J connectivity index is 1.62. The summed E-state index contributed by atoms with van der Waals surface area (Å²) in [4.78, 5) is 0. The molecule has 5 aromatic rings. The first-order chi connectivity index (χ1) is 15.2. The van der Waals surface area contributed by atoms with Crippen molar-refractivity contribution < 1.29 is 9.13 Å². The van der Waals surface area contributed by atoms with Crippen molar-refractivity contribution in [1.82, 2.24) is 0 Å². The van der Waals surface area contributed by atoms with Crippen LogP contribution in [-0.2, 0) is 13.1 Å². The van der Waals surface area contributed by atoms with Gasteiger partial charge in [-0.25, -0.2) is 0 Å². The fraction of sp³-hybridized carbons (Fsp3) is 0.103. The van der Waals surface area contributed by atoms with Gasteiger partial charge in [-0.15, -0.1) is 0 Å². The van der Waals surface area contributed by atoms with Crippen LogP contribution in [0, 0.1) is 6.92 Å². The zero-order valence-electron chi connectivity index (χ0n) is 17.8. The fourth-order valence-corrected chi connectivity index (χ4v) is 4.37. The molecule has 0 unspecified atom stereocenters. The van der Waals surface area contributed by atoms with Crippen LogP contribution in [0.4, 0.5) is 0 Å². The van der Waals surface area contributed by atoms with Gasteiger partial charge in [0.05, 0.1) is 0 Å². The van der Waals surface area contributed by atoms with Gasteiger partial charge >= 0.3 is 0 Å². The number of hydrogen-bond acceptors (Lipinski definition) is 0. The topological polar surface area (TPSA) is 7.76 Å². The third kappa shape index (κ3) is 3.85. The second-order valence-electron chi connectivity index (χ2n) is 8.14. The molecule has 0 saturated carbocycles. The molecule has 0 fully saturated rings. The zero-order chi connectivity index (χ0) is 21.2. The van der Waals surface area contributed by atoms with Gasteiger partial charge in [0.2, 0.25) is 11.0 Å². The average Bonchev–Trinajstić information content (AvgIpc) is 2.80. The minimum absolute atomic E-state index is 0.834. The smallest absolute Gasteiger partial charge is 0.194 e. The molecule has 150 valence electrons. The number of pyridine rings is 2. The summed E-state index contributed by atoms with van der Waals surface area (Å²) in [5.41, 5.74) is 7.56. The maximum Gasteiger partial charge on any atom is 0.226 e. The van der Waals surface area contributed by atoms with Crippen molar-refractivity contribution in [3.05, 3.63) is 126 Å². The highest BCUT2D eigenvalue weighted by Gasteiger charge is 2.18. The Labute approximate surface area is 183 Å². The maximum absolute atomic E-state index is 3.86. The average molecular weight is 403 g/mol. The number of nitrogens with zero attached hydrogens (tertiary/aromatic N) is 2. The molecule has 5 rings (SSSR count). The van der Waals surface area contributed by atoms with Crippen molar-refractivity contribution >= 4 is 27.9 Å². The van der Waals surface area contributed by atoms with Crippen LogP contribution in [-0.4, -0.2) is 0 Å². The van der Waals surface area contributed by atoms with Gasteiger partial charge in [0.25, 0.3) is 0 Å². The molecule has 31 heavy (non-hydrogen) atoms. The largest absolute Gasteiger partial charge is 0.226 e. The molecule has 0 bridgehead atoms. The first kappa shape index (κ1) is 19.2. The van der Waals surface area contributed by atoms with Gasteiger partial charge in [-0.2, -0.15) is 9.13 Å². The number of benzene rings is 3. The predicted octanol–water partition coefficient (Wildman–Crippen LogP) is 5.62. The monoisotopic (exact) mass is 402 g/mol. The van der Waals surface area contributed by atoms with E-state index in [1.807, 2.05) is 6.08 Å². The molecule has 0 amide bonds. The second-order valence-corrected chi connectivity index (χ2v) is 8.14. The molecule has 0 saturated heterocycles. The number of aryl methyl sites for hydroxylation is 1. The van der Waals surface area contributed by atoms with Crippen LogP contribution in [0.15, 0.2) is 104 Å². The van der Waals surface area contributed by atoms with Crippen molar-refractivity contribution in [2.75, 3.05) is 0 Å². The molecule has 2 heteroatoms. The Morgan fingerprint density at radius 3 is 2.32 bits per heavy atom. The molecule has 2 aromatic heterocycles. The molecule has 0 atom stereocenters. The lowest BCUT2D eigenvalue weighted by Gasteiger charge is -2.06. The summed E-state index contributed by atoms with van der Waals surface area (Å²) in [6.07, 6.45) is 6.24. The van der Waals surface area contributed by atoms with Crippen molar-refractivity contribution in [1.29, 1.82) is 0 Å². The third-order valence-electron chi connectivity index (χ3n) is 5.90. The van der Waals surface area contributed by atoms with Gasteiger partial charge < -0.3 is 0 Å². The zero-order valence-corrected chi connectivity index (χ0v) is 17.8. The number of hydrogen-bond donors (Lipinski definition) is 0. The van der Waals surface area contributed by atoms with Gasteiger partial charge in [0.1, 0.15) is 5.39 Å². The highest BCUT2D eigenvalue weighted by Crippen LogP contribution is 2.21. The van der Waals surface area contributed by atoms with Crippen LogP contribution in [0.25, 0.3) is 27.9 Å². The van der Waals surface area contributed by atoms with Crippen molar-refractivity contribution in [2.24, 2.45) is 0 Å². The van der Waals surface area contributed by atoms with Crippen LogP contribution in [0.2, 0.25) is 0 Å². The van der Waals surface area contributed by atoms with E-state index in [1.165, 1.54) is 38.5 Å². The van der Waals surface area contributed by atoms with E-state index >= 15 is 0 Å². The lowest BCUT2D eigenvalue weighted by atomic mass is 10.1. The third-order valence-corrected chi connectivity index (χ3v) is 5.90. The number of rotatable bonds is 5. The Morgan fingerprint density at radius 1 is 0.742 bits per heavy atom. The van der Waals surface area contributed by atoms with Gasteiger partial charge in [0, 0.05) is 34.7 Å². The maximum atomic E-state index is 3.86. The van der Waals surface area contributed by atoms with Crippen LogP contribution in [0.5, 0.6) is 0 Å². The summed E-state index contributed by atoms with van der Waals surface area (Å²) in [6.45, 7) is 7.70. The van der Waals surface area contributed by atoms with E-state index in [0.29, 0.717) is 0 Å². The van der Waals surface area contributed by atoms with E-state index in [0.717, 1.165) is 18.7 Å². The fourth-order valence-electron chi connectivity index (χ4n) is 4.37. The SMILES string of the molecule is C=Cc1ccc(C[n+]2cccc3ccc4c(ccc[n+]4Cc4cccc(C)c4)c32)cc1. The lowest BCUT2D eigenvalue weighted by Crippen LogP contribution is -2.37. The van der Waals surface area contributed by atoms with Gasteiger partial charge in [-0.05, 0) is 36.8 Å². The normalized spacial score (nSPS) is 11.1. The van der Waals surface area contributed by atoms with Gasteiger partial charge in [0.15, 0.2) is 25.5 Å². The summed E-state index contributed by atoms with van der Waals surface area (Å²) in [5, 5.41) is 2.53. The molecule has 0 aliphatic rings. The predicted molar refractivity (Wildman–Crippen MR) is 128 cm³/mol. The summed E-state index contributed by atoms with van der Waals surface area (Å²) < 4.78 is 4.71. The van der Waals surface area contributed by atoms with E-state index in [9.17, 15) is 0 Å². The lowest BCUT2D eigenvalue weighted by molar-refractivity contribution is -0.665. The van der Waals surface area contributed by atoms with Crippen LogP contribution < -0.4 is 9.13 Å². The first-order valence-corrected chi connectivity index (χ1v) is 10.7. The Kier molecular flexibility index (Phi) is 5.05. The van der Waals surface area contributed by atoms with Gasteiger partial charge in [-0.1, -0.05) is 60.7 Å². The van der Waals surface area contributed by atoms with Crippen LogP contribution >= 0.6 is 0 Å². The Bertz CT molecular complexity index is 1400. The summed E-state index contributed by atoms with van der Waals surface area (Å²) >= 11 is 0.